The minimum absolute atomic E-state index is 0.0444. The van der Waals surface area contributed by atoms with Crippen molar-refractivity contribution in [2.45, 2.75) is 51.7 Å². The average molecular weight is 274 g/mol. The number of hydrogen-bond acceptors (Lipinski definition) is 2. The Morgan fingerprint density at radius 1 is 1.25 bits per heavy atom. The molecule has 4 nitrogen and oxygen atoms in total. The van der Waals surface area contributed by atoms with Gasteiger partial charge in [0.15, 0.2) is 0 Å². The van der Waals surface area contributed by atoms with Crippen molar-refractivity contribution in [2.75, 3.05) is 0 Å². The molecular formula is C16H22N2O2. The van der Waals surface area contributed by atoms with Crippen molar-refractivity contribution in [3.8, 4) is 0 Å². The van der Waals surface area contributed by atoms with Crippen molar-refractivity contribution in [3.63, 3.8) is 0 Å². The molecule has 0 radical (unpaired) electrons. The Morgan fingerprint density at radius 2 is 1.85 bits per heavy atom. The highest BCUT2D eigenvalue weighted by Gasteiger charge is 2.44. The monoisotopic (exact) mass is 274 g/mol. The summed E-state index contributed by atoms with van der Waals surface area (Å²) >= 11 is 0. The fraction of sp³-hybridized carbons (Fsp3) is 0.500. The predicted octanol–water partition coefficient (Wildman–Crippen LogP) is 2.05. The molecule has 1 N–H and O–H groups in total. The van der Waals surface area contributed by atoms with Crippen LogP contribution < -0.4 is 5.32 Å². The largest absolute Gasteiger partial charge is 0.338 e. The summed E-state index contributed by atoms with van der Waals surface area (Å²) in [6, 6.07) is 9.40. The highest BCUT2D eigenvalue weighted by atomic mass is 16.2. The fourth-order valence-corrected chi connectivity index (χ4v) is 2.92. The molecule has 108 valence electrons. The first-order valence-electron chi connectivity index (χ1n) is 7.05. The van der Waals surface area contributed by atoms with Crippen molar-refractivity contribution < 1.29 is 9.59 Å². The summed E-state index contributed by atoms with van der Waals surface area (Å²) in [4.78, 5) is 26.9. The van der Waals surface area contributed by atoms with E-state index in [0.717, 1.165) is 5.56 Å². The normalized spacial score (nSPS) is 27.4. The van der Waals surface area contributed by atoms with E-state index in [-0.39, 0.29) is 23.9 Å². The van der Waals surface area contributed by atoms with E-state index in [4.69, 9.17) is 0 Å². The fourth-order valence-electron chi connectivity index (χ4n) is 2.92. The second-order valence-corrected chi connectivity index (χ2v) is 5.90. The quantitative estimate of drug-likeness (QED) is 0.897. The van der Waals surface area contributed by atoms with E-state index in [9.17, 15) is 9.59 Å². The van der Waals surface area contributed by atoms with Crippen LogP contribution in [0.4, 0.5) is 0 Å². The Labute approximate surface area is 120 Å². The molecule has 0 aliphatic carbocycles. The highest BCUT2D eigenvalue weighted by Crippen LogP contribution is 2.29. The minimum Gasteiger partial charge on any atom is -0.338 e. The number of rotatable bonds is 2. The van der Waals surface area contributed by atoms with Gasteiger partial charge in [0, 0.05) is 18.5 Å². The average Bonchev–Trinajstić information content (AvgIpc) is 2.46. The maximum Gasteiger partial charge on any atom is 0.253 e. The summed E-state index contributed by atoms with van der Waals surface area (Å²) in [7, 11) is 0. The lowest BCUT2D eigenvalue weighted by Crippen LogP contribution is -2.55. The van der Waals surface area contributed by atoms with Crippen LogP contribution in [-0.4, -0.2) is 28.8 Å². The number of carbonyl (C=O) groups excluding carboxylic acids is 2. The van der Waals surface area contributed by atoms with Crippen LogP contribution in [0.25, 0.3) is 0 Å². The Balaban J connectivity index is 2.50. The molecule has 4 heteroatoms. The first kappa shape index (κ1) is 14.6. The zero-order valence-corrected chi connectivity index (χ0v) is 12.5. The molecule has 1 aliphatic rings. The molecular weight excluding hydrogens is 252 g/mol. The molecule has 0 spiro atoms. The number of nitrogens with one attached hydrogen (secondary N) is 1. The number of nitrogens with zero attached hydrogens (tertiary/aromatic N) is 1. The van der Waals surface area contributed by atoms with Gasteiger partial charge in [-0.05, 0) is 33.3 Å². The molecule has 20 heavy (non-hydrogen) atoms. The lowest BCUT2D eigenvalue weighted by atomic mass is 9.90. The highest BCUT2D eigenvalue weighted by molar-refractivity contribution is 5.94. The Hall–Kier alpha value is -1.84. The molecule has 0 saturated carbocycles. The van der Waals surface area contributed by atoms with Crippen LogP contribution in [0.3, 0.4) is 0 Å². The lowest BCUT2D eigenvalue weighted by molar-refractivity contribution is -0.141. The van der Waals surface area contributed by atoms with Crippen LogP contribution in [0, 0.1) is 0 Å². The molecule has 1 fully saturated rings. The van der Waals surface area contributed by atoms with Gasteiger partial charge in [-0.25, -0.2) is 0 Å². The van der Waals surface area contributed by atoms with Crippen molar-refractivity contribution in [1.29, 1.82) is 0 Å². The molecule has 1 heterocycles. The molecule has 1 aliphatic heterocycles. The molecule has 2 rings (SSSR count). The summed E-state index contributed by atoms with van der Waals surface area (Å²) in [6.45, 7) is 7.68. The number of hydrogen-bond donors (Lipinski definition) is 1. The topological polar surface area (TPSA) is 49.4 Å². The van der Waals surface area contributed by atoms with Gasteiger partial charge in [0.2, 0.25) is 5.91 Å². The maximum atomic E-state index is 13.0. The van der Waals surface area contributed by atoms with E-state index in [2.05, 4.69) is 5.32 Å². The van der Waals surface area contributed by atoms with E-state index in [1.165, 1.54) is 0 Å². The summed E-state index contributed by atoms with van der Waals surface area (Å²) in [5.74, 6) is -0.127. The van der Waals surface area contributed by atoms with Crippen LogP contribution in [0.5, 0.6) is 0 Å². The zero-order valence-electron chi connectivity index (χ0n) is 12.5. The SMILES string of the molecule is CC(C)N1C(=O)C(C)(c2ccccc2)NC(=O)CC1C. The zero-order chi connectivity index (χ0) is 14.9. The van der Waals surface area contributed by atoms with Gasteiger partial charge < -0.3 is 10.2 Å². The van der Waals surface area contributed by atoms with Crippen molar-refractivity contribution in [2.24, 2.45) is 0 Å². The van der Waals surface area contributed by atoms with Crippen LogP contribution >= 0.6 is 0 Å². The summed E-state index contributed by atoms with van der Waals surface area (Å²) in [6.07, 6.45) is 0.340. The van der Waals surface area contributed by atoms with E-state index < -0.39 is 5.54 Å². The molecule has 1 aromatic rings. The molecule has 0 aromatic heterocycles. The molecule has 2 amide bonds. The Bertz CT molecular complexity index is 512. The van der Waals surface area contributed by atoms with E-state index in [1.807, 2.05) is 56.0 Å². The summed E-state index contributed by atoms with van der Waals surface area (Å²) < 4.78 is 0. The first-order valence-corrected chi connectivity index (χ1v) is 7.05. The number of carbonyl (C=O) groups is 2. The maximum absolute atomic E-state index is 13.0. The van der Waals surface area contributed by atoms with E-state index >= 15 is 0 Å². The molecule has 2 atom stereocenters. The van der Waals surface area contributed by atoms with Crippen molar-refractivity contribution in [1.82, 2.24) is 10.2 Å². The summed E-state index contributed by atoms with van der Waals surface area (Å²) in [5.41, 5.74) is -0.175. The molecule has 1 saturated heterocycles. The van der Waals surface area contributed by atoms with Crippen LogP contribution in [0.1, 0.15) is 39.7 Å². The predicted molar refractivity (Wildman–Crippen MR) is 78.0 cm³/mol. The van der Waals surface area contributed by atoms with Gasteiger partial charge in [0.1, 0.15) is 5.54 Å². The Kier molecular flexibility index (Phi) is 3.84. The molecule has 1 aromatic carbocycles. The van der Waals surface area contributed by atoms with Crippen molar-refractivity contribution in [3.05, 3.63) is 35.9 Å². The minimum atomic E-state index is -0.993. The van der Waals surface area contributed by atoms with Crippen LogP contribution in [0.15, 0.2) is 30.3 Å². The number of amides is 2. The second kappa shape index (κ2) is 5.27. The van der Waals surface area contributed by atoms with Gasteiger partial charge in [-0.2, -0.15) is 0 Å². The number of benzene rings is 1. The third-order valence-electron chi connectivity index (χ3n) is 3.91. The lowest BCUT2D eigenvalue weighted by Gasteiger charge is -2.37. The summed E-state index contributed by atoms with van der Waals surface area (Å²) in [5, 5.41) is 2.91. The standard InChI is InChI=1S/C16H22N2O2/c1-11(2)18-12(3)10-14(19)17-16(4,15(18)20)13-8-6-5-7-9-13/h5-9,11-12H,10H2,1-4H3,(H,17,19). The first-order chi connectivity index (χ1) is 9.36. The van der Waals surface area contributed by atoms with Gasteiger partial charge in [0.25, 0.3) is 5.91 Å². The molecule has 2 unspecified atom stereocenters. The van der Waals surface area contributed by atoms with Crippen LogP contribution in [0.2, 0.25) is 0 Å². The van der Waals surface area contributed by atoms with E-state index in [0.29, 0.717) is 6.42 Å². The third kappa shape index (κ3) is 2.42. The van der Waals surface area contributed by atoms with Crippen molar-refractivity contribution >= 4 is 11.8 Å². The van der Waals surface area contributed by atoms with Gasteiger partial charge >= 0.3 is 0 Å². The van der Waals surface area contributed by atoms with Gasteiger partial charge in [-0.1, -0.05) is 30.3 Å². The van der Waals surface area contributed by atoms with Crippen LogP contribution in [-0.2, 0) is 15.1 Å². The van der Waals surface area contributed by atoms with Gasteiger partial charge in [-0.3, -0.25) is 9.59 Å². The Morgan fingerprint density at radius 3 is 2.40 bits per heavy atom. The van der Waals surface area contributed by atoms with E-state index in [1.54, 1.807) is 6.92 Å². The third-order valence-corrected chi connectivity index (χ3v) is 3.91. The second-order valence-electron chi connectivity index (χ2n) is 5.90. The smallest absolute Gasteiger partial charge is 0.253 e. The van der Waals surface area contributed by atoms with Gasteiger partial charge in [0.05, 0.1) is 0 Å². The molecule has 0 bridgehead atoms. The van der Waals surface area contributed by atoms with Gasteiger partial charge in [-0.15, -0.1) is 0 Å².